The van der Waals surface area contributed by atoms with E-state index in [1.165, 1.54) is 55.5 Å². The van der Waals surface area contributed by atoms with Crippen molar-refractivity contribution in [3.8, 4) is 11.3 Å². The fraction of sp³-hybridized carbons (Fsp3) is 0.0952. The third kappa shape index (κ3) is 4.96. The number of ether oxygens (including phenoxy) is 1. The summed E-state index contributed by atoms with van der Waals surface area (Å²) in [5.74, 6) is -1.23. The number of non-ortho nitro benzene ring substituents is 1. The van der Waals surface area contributed by atoms with Crippen LogP contribution in [0.1, 0.15) is 27.8 Å². The van der Waals surface area contributed by atoms with E-state index in [-0.39, 0.29) is 17.4 Å². The molecule has 0 saturated heterocycles. The zero-order valence-corrected chi connectivity index (χ0v) is 15.8. The molecule has 0 spiro atoms. The Kier molecular flexibility index (Phi) is 6.02. The first-order valence-electron chi connectivity index (χ1n) is 8.76. The van der Waals surface area contributed by atoms with Gasteiger partial charge in [0, 0.05) is 35.9 Å². The van der Waals surface area contributed by atoms with Crippen LogP contribution in [-0.4, -0.2) is 29.2 Å². The maximum atomic E-state index is 12.2. The van der Waals surface area contributed by atoms with E-state index in [4.69, 9.17) is 9.15 Å². The van der Waals surface area contributed by atoms with E-state index in [9.17, 15) is 24.5 Å². The van der Waals surface area contributed by atoms with Gasteiger partial charge in [0.2, 0.25) is 11.7 Å². The monoisotopic (exact) mass is 408 g/mol. The van der Waals surface area contributed by atoms with Crippen molar-refractivity contribution in [3.63, 3.8) is 0 Å². The zero-order valence-electron chi connectivity index (χ0n) is 15.8. The van der Waals surface area contributed by atoms with E-state index < -0.39 is 23.3 Å². The number of furan rings is 1. The van der Waals surface area contributed by atoms with Gasteiger partial charge in [0.15, 0.2) is 12.4 Å². The number of nitro groups is 1. The van der Waals surface area contributed by atoms with Crippen molar-refractivity contribution in [2.24, 2.45) is 0 Å². The number of amides is 1. The summed E-state index contributed by atoms with van der Waals surface area (Å²) in [6, 6.07) is 14.7. The maximum Gasteiger partial charge on any atom is 0.374 e. The van der Waals surface area contributed by atoms with Gasteiger partial charge in [-0.05, 0) is 48.5 Å². The van der Waals surface area contributed by atoms with Crippen molar-refractivity contribution in [2.75, 3.05) is 11.9 Å². The van der Waals surface area contributed by atoms with E-state index in [2.05, 4.69) is 5.32 Å². The number of hydrogen-bond donors (Lipinski definition) is 1. The van der Waals surface area contributed by atoms with Crippen molar-refractivity contribution in [1.82, 2.24) is 0 Å². The van der Waals surface area contributed by atoms with Crippen molar-refractivity contribution in [3.05, 3.63) is 82.1 Å². The first-order chi connectivity index (χ1) is 14.3. The second-order valence-corrected chi connectivity index (χ2v) is 6.23. The molecule has 0 aliphatic carbocycles. The largest absolute Gasteiger partial charge is 0.451 e. The number of rotatable bonds is 7. The van der Waals surface area contributed by atoms with Crippen LogP contribution >= 0.6 is 0 Å². The van der Waals surface area contributed by atoms with Crippen LogP contribution in [0.25, 0.3) is 11.3 Å². The highest BCUT2D eigenvalue weighted by Gasteiger charge is 2.17. The molecule has 0 aliphatic heterocycles. The highest BCUT2D eigenvalue weighted by atomic mass is 16.6. The van der Waals surface area contributed by atoms with Gasteiger partial charge in [0.1, 0.15) is 5.76 Å². The molecule has 3 aromatic rings. The number of esters is 1. The number of nitrogens with one attached hydrogen (secondary N) is 1. The lowest BCUT2D eigenvalue weighted by molar-refractivity contribution is -0.384. The molecule has 1 heterocycles. The van der Waals surface area contributed by atoms with Crippen LogP contribution in [0, 0.1) is 10.1 Å². The number of carbonyl (C=O) groups excluding carboxylic acids is 3. The fourth-order valence-corrected chi connectivity index (χ4v) is 2.58. The smallest absolute Gasteiger partial charge is 0.374 e. The first-order valence-corrected chi connectivity index (χ1v) is 8.76. The molecule has 152 valence electrons. The van der Waals surface area contributed by atoms with Gasteiger partial charge in [0.25, 0.3) is 5.69 Å². The summed E-state index contributed by atoms with van der Waals surface area (Å²) in [6.07, 6.45) is 0. The molecule has 1 N–H and O–H groups in total. The maximum absolute atomic E-state index is 12.2. The van der Waals surface area contributed by atoms with E-state index in [0.717, 1.165) is 0 Å². The molecule has 30 heavy (non-hydrogen) atoms. The van der Waals surface area contributed by atoms with E-state index >= 15 is 0 Å². The standard InChI is InChI=1S/C21H16N2O7/c1-13(24)22-16-6-2-14(3-7-16)18(25)12-29-21(26)20-11-10-19(30-20)15-4-8-17(9-5-15)23(27)28/h2-11H,12H2,1H3,(H,22,24). The van der Waals surface area contributed by atoms with Gasteiger partial charge < -0.3 is 14.5 Å². The molecule has 0 unspecified atom stereocenters. The number of carbonyl (C=O) groups is 3. The summed E-state index contributed by atoms with van der Waals surface area (Å²) in [7, 11) is 0. The Morgan fingerprint density at radius 1 is 1.00 bits per heavy atom. The quantitative estimate of drug-likeness (QED) is 0.272. The number of hydrogen-bond acceptors (Lipinski definition) is 7. The Morgan fingerprint density at radius 3 is 2.27 bits per heavy atom. The van der Waals surface area contributed by atoms with Crippen molar-refractivity contribution in [1.29, 1.82) is 0 Å². The summed E-state index contributed by atoms with van der Waals surface area (Å²) in [4.78, 5) is 45.5. The van der Waals surface area contributed by atoms with Gasteiger partial charge in [-0.25, -0.2) is 4.79 Å². The number of nitrogens with zero attached hydrogens (tertiary/aromatic N) is 1. The van der Waals surface area contributed by atoms with Crippen molar-refractivity contribution in [2.45, 2.75) is 6.92 Å². The number of Topliss-reactive ketones (excluding diaryl/α,β-unsaturated/α-hetero) is 1. The molecule has 1 amide bonds. The molecular formula is C21H16N2O7. The Hall–Kier alpha value is -4.27. The molecule has 0 fully saturated rings. The highest BCUT2D eigenvalue weighted by molar-refractivity contribution is 5.99. The van der Waals surface area contributed by atoms with E-state index in [0.29, 0.717) is 22.6 Å². The summed E-state index contributed by atoms with van der Waals surface area (Å²) in [5.41, 5.74) is 1.36. The Bertz CT molecular complexity index is 1100. The van der Waals surface area contributed by atoms with Gasteiger partial charge in [-0.1, -0.05) is 0 Å². The van der Waals surface area contributed by atoms with Crippen LogP contribution in [0.4, 0.5) is 11.4 Å². The number of ketones is 1. The van der Waals surface area contributed by atoms with E-state index in [1.807, 2.05) is 0 Å². The average Bonchev–Trinajstić information content (AvgIpc) is 3.22. The van der Waals surface area contributed by atoms with Gasteiger partial charge >= 0.3 is 5.97 Å². The lowest BCUT2D eigenvalue weighted by Gasteiger charge is -2.05. The first kappa shape index (κ1) is 20.5. The molecule has 0 atom stereocenters. The van der Waals surface area contributed by atoms with Crippen molar-refractivity contribution >= 4 is 29.0 Å². The van der Waals surface area contributed by atoms with Gasteiger partial charge in [-0.15, -0.1) is 0 Å². The van der Waals surface area contributed by atoms with Crippen LogP contribution in [-0.2, 0) is 9.53 Å². The van der Waals surface area contributed by atoms with Gasteiger partial charge in [0.05, 0.1) is 4.92 Å². The molecule has 3 rings (SSSR count). The molecule has 0 saturated carbocycles. The lowest BCUT2D eigenvalue weighted by atomic mass is 10.1. The topological polar surface area (TPSA) is 129 Å². The molecule has 9 heteroatoms. The van der Waals surface area contributed by atoms with Gasteiger partial charge in [-0.2, -0.15) is 0 Å². The number of anilines is 1. The molecular weight excluding hydrogens is 392 g/mol. The van der Waals surface area contributed by atoms with Crippen LogP contribution < -0.4 is 5.32 Å². The molecule has 2 aromatic carbocycles. The van der Waals surface area contributed by atoms with Crippen molar-refractivity contribution < 1.29 is 28.5 Å². The fourth-order valence-electron chi connectivity index (χ4n) is 2.58. The summed E-state index contributed by atoms with van der Waals surface area (Å²) in [5, 5.41) is 13.3. The molecule has 1 aromatic heterocycles. The van der Waals surface area contributed by atoms with E-state index in [1.54, 1.807) is 12.1 Å². The minimum Gasteiger partial charge on any atom is -0.451 e. The molecule has 0 aliphatic rings. The molecule has 9 nitrogen and oxygen atoms in total. The minimum atomic E-state index is -0.814. The highest BCUT2D eigenvalue weighted by Crippen LogP contribution is 2.25. The van der Waals surface area contributed by atoms with Crippen LogP contribution in [0.15, 0.2) is 65.1 Å². The zero-order chi connectivity index (χ0) is 21.7. The second kappa shape index (κ2) is 8.82. The Labute approximate surface area is 170 Å². The number of benzene rings is 2. The minimum absolute atomic E-state index is 0.0615. The second-order valence-electron chi connectivity index (χ2n) is 6.23. The predicted molar refractivity (Wildman–Crippen MR) is 106 cm³/mol. The summed E-state index contributed by atoms with van der Waals surface area (Å²) < 4.78 is 10.4. The van der Waals surface area contributed by atoms with Crippen LogP contribution in [0.3, 0.4) is 0 Å². The summed E-state index contributed by atoms with van der Waals surface area (Å²) in [6.45, 7) is 0.895. The third-order valence-corrected chi connectivity index (χ3v) is 4.03. The Morgan fingerprint density at radius 2 is 1.67 bits per heavy atom. The predicted octanol–water partition coefficient (Wildman–Crippen LogP) is 3.85. The number of nitro benzene ring substituents is 1. The SMILES string of the molecule is CC(=O)Nc1ccc(C(=O)COC(=O)c2ccc(-c3ccc([N+](=O)[O-])cc3)o2)cc1. The average molecular weight is 408 g/mol. The summed E-state index contributed by atoms with van der Waals surface area (Å²) >= 11 is 0. The normalized spacial score (nSPS) is 10.3. The molecule has 0 radical (unpaired) electrons. The lowest BCUT2D eigenvalue weighted by Crippen LogP contribution is -2.14. The Balaban J connectivity index is 1.59. The van der Waals surface area contributed by atoms with Crippen LogP contribution in [0.5, 0.6) is 0 Å². The third-order valence-electron chi connectivity index (χ3n) is 4.03. The van der Waals surface area contributed by atoms with Gasteiger partial charge in [-0.3, -0.25) is 19.7 Å². The van der Waals surface area contributed by atoms with Crippen LogP contribution in [0.2, 0.25) is 0 Å². The molecule has 0 bridgehead atoms.